The summed E-state index contributed by atoms with van der Waals surface area (Å²) in [6, 6.07) is 8.59. The van der Waals surface area contributed by atoms with E-state index in [1.807, 2.05) is 36.1 Å². The first-order chi connectivity index (χ1) is 12.0. The van der Waals surface area contributed by atoms with Gasteiger partial charge in [-0.05, 0) is 13.0 Å². The topological polar surface area (TPSA) is 94.8 Å². The Morgan fingerprint density at radius 3 is 2.92 bits per heavy atom. The molecule has 1 aromatic heterocycles. The predicted octanol–water partition coefficient (Wildman–Crippen LogP) is 2.74. The van der Waals surface area contributed by atoms with Gasteiger partial charge in [0.2, 0.25) is 5.82 Å². The standard InChI is InChI=1S/C17H17N3O5/c1-11-13-5-3-4-6-15(13)25-8-7-19(11)16-14(20(22)23)9-12(10-18-16)17(21)24-2/h3-6,9-11H,7-8H2,1-2H3. The number of esters is 1. The first-order valence-electron chi connectivity index (χ1n) is 7.74. The normalized spacial score (nSPS) is 16.4. The van der Waals surface area contributed by atoms with Crippen LogP contribution in [0.4, 0.5) is 11.5 Å². The highest BCUT2D eigenvalue weighted by molar-refractivity contribution is 5.90. The van der Waals surface area contributed by atoms with Crippen LogP contribution in [0.2, 0.25) is 0 Å². The van der Waals surface area contributed by atoms with Crippen molar-refractivity contribution in [2.24, 2.45) is 0 Å². The zero-order chi connectivity index (χ0) is 18.0. The average Bonchev–Trinajstić information content (AvgIpc) is 2.80. The first kappa shape index (κ1) is 16.7. The van der Waals surface area contributed by atoms with Gasteiger partial charge in [0.05, 0.1) is 30.2 Å². The summed E-state index contributed by atoms with van der Waals surface area (Å²) in [5, 5.41) is 11.5. The lowest BCUT2D eigenvalue weighted by Gasteiger charge is -2.27. The zero-order valence-electron chi connectivity index (χ0n) is 13.8. The fraction of sp³-hybridized carbons (Fsp3) is 0.294. The fourth-order valence-corrected chi connectivity index (χ4v) is 2.89. The number of methoxy groups -OCH3 is 1. The van der Waals surface area contributed by atoms with Crippen LogP contribution >= 0.6 is 0 Å². The lowest BCUT2D eigenvalue weighted by atomic mass is 10.1. The van der Waals surface area contributed by atoms with Gasteiger partial charge < -0.3 is 14.4 Å². The molecule has 0 N–H and O–H groups in total. The number of hydrogen-bond donors (Lipinski definition) is 0. The van der Waals surface area contributed by atoms with Crippen LogP contribution in [-0.2, 0) is 4.74 Å². The lowest BCUT2D eigenvalue weighted by Crippen LogP contribution is -2.30. The van der Waals surface area contributed by atoms with Crippen molar-refractivity contribution in [3.8, 4) is 5.75 Å². The maximum atomic E-state index is 11.6. The minimum atomic E-state index is -0.667. The second kappa shape index (κ2) is 6.76. The quantitative estimate of drug-likeness (QED) is 0.480. The molecule has 0 aliphatic carbocycles. The molecule has 0 radical (unpaired) electrons. The molecule has 8 heteroatoms. The van der Waals surface area contributed by atoms with Gasteiger partial charge in [-0.25, -0.2) is 9.78 Å². The number of ether oxygens (including phenoxy) is 2. The van der Waals surface area contributed by atoms with E-state index < -0.39 is 10.9 Å². The van der Waals surface area contributed by atoms with E-state index in [-0.39, 0.29) is 23.1 Å². The van der Waals surface area contributed by atoms with E-state index >= 15 is 0 Å². The van der Waals surface area contributed by atoms with Crippen molar-refractivity contribution in [1.29, 1.82) is 0 Å². The second-order valence-corrected chi connectivity index (χ2v) is 5.57. The molecule has 3 rings (SSSR count). The van der Waals surface area contributed by atoms with Gasteiger partial charge in [0.25, 0.3) is 0 Å². The number of nitrogens with zero attached hydrogens (tertiary/aromatic N) is 3. The van der Waals surface area contributed by atoms with Crippen molar-refractivity contribution in [3.63, 3.8) is 0 Å². The third-order valence-electron chi connectivity index (χ3n) is 4.16. The highest BCUT2D eigenvalue weighted by Gasteiger charge is 2.30. The summed E-state index contributed by atoms with van der Waals surface area (Å²) >= 11 is 0. The molecule has 0 saturated heterocycles. The van der Waals surface area contributed by atoms with Crippen LogP contribution in [-0.4, -0.2) is 36.1 Å². The molecule has 0 bridgehead atoms. The summed E-state index contributed by atoms with van der Waals surface area (Å²) in [6.07, 6.45) is 1.29. The van der Waals surface area contributed by atoms with Crippen molar-refractivity contribution in [1.82, 2.24) is 4.98 Å². The van der Waals surface area contributed by atoms with E-state index in [2.05, 4.69) is 9.72 Å². The largest absolute Gasteiger partial charge is 0.491 e. The highest BCUT2D eigenvalue weighted by Crippen LogP contribution is 2.37. The molecule has 1 aromatic carbocycles. The summed E-state index contributed by atoms with van der Waals surface area (Å²) in [5.74, 6) is 0.288. The van der Waals surface area contributed by atoms with E-state index in [1.54, 1.807) is 0 Å². The van der Waals surface area contributed by atoms with E-state index in [0.717, 1.165) is 11.3 Å². The van der Waals surface area contributed by atoms with Crippen molar-refractivity contribution in [2.75, 3.05) is 25.2 Å². The van der Waals surface area contributed by atoms with Crippen LogP contribution in [0.1, 0.15) is 28.9 Å². The van der Waals surface area contributed by atoms with E-state index in [1.165, 1.54) is 19.4 Å². The van der Waals surface area contributed by atoms with E-state index in [9.17, 15) is 14.9 Å². The number of anilines is 1. The molecule has 0 amide bonds. The second-order valence-electron chi connectivity index (χ2n) is 5.57. The number of pyridine rings is 1. The van der Waals surface area contributed by atoms with Gasteiger partial charge >= 0.3 is 11.7 Å². The van der Waals surface area contributed by atoms with Crippen molar-refractivity contribution >= 4 is 17.5 Å². The SMILES string of the molecule is COC(=O)c1cnc(N2CCOc3ccccc3C2C)c([N+](=O)[O-])c1. The fourth-order valence-electron chi connectivity index (χ4n) is 2.89. The van der Waals surface area contributed by atoms with E-state index in [0.29, 0.717) is 13.2 Å². The van der Waals surface area contributed by atoms with Gasteiger partial charge in [0.15, 0.2) is 0 Å². The maximum Gasteiger partial charge on any atom is 0.339 e. The molecule has 1 aliphatic heterocycles. The summed E-state index contributed by atoms with van der Waals surface area (Å²) in [6.45, 7) is 2.74. The Morgan fingerprint density at radius 1 is 1.44 bits per heavy atom. The van der Waals surface area contributed by atoms with Gasteiger partial charge in [-0.1, -0.05) is 18.2 Å². The molecule has 0 fully saturated rings. The number of fused-ring (bicyclic) bond motifs is 1. The summed E-state index contributed by atoms with van der Waals surface area (Å²) in [5.41, 5.74) is 0.722. The number of carbonyl (C=O) groups excluding carboxylic acids is 1. The third kappa shape index (κ3) is 3.10. The summed E-state index contributed by atoms with van der Waals surface area (Å²) in [7, 11) is 1.22. The Balaban J connectivity index is 2.06. The van der Waals surface area contributed by atoms with Crippen LogP contribution in [0, 0.1) is 10.1 Å². The number of para-hydroxylation sites is 1. The molecule has 25 heavy (non-hydrogen) atoms. The van der Waals surface area contributed by atoms with Crippen LogP contribution < -0.4 is 9.64 Å². The Kier molecular flexibility index (Phi) is 4.51. The van der Waals surface area contributed by atoms with Crippen molar-refractivity contribution < 1.29 is 19.2 Å². The molecule has 130 valence electrons. The Hall–Kier alpha value is -3.16. The number of carbonyl (C=O) groups is 1. The minimum Gasteiger partial charge on any atom is -0.491 e. The zero-order valence-corrected chi connectivity index (χ0v) is 13.8. The highest BCUT2D eigenvalue weighted by atomic mass is 16.6. The summed E-state index contributed by atoms with van der Waals surface area (Å²) in [4.78, 5) is 28.6. The third-order valence-corrected chi connectivity index (χ3v) is 4.16. The molecule has 1 unspecified atom stereocenters. The molecule has 8 nitrogen and oxygen atoms in total. The molecular formula is C17H17N3O5. The molecule has 1 atom stereocenters. The van der Waals surface area contributed by atoms with Gasteiger partial charge in [-0.15, -0.1) is 0 Å². The molecule has 1 aliphatic rings. The van der Waals surface area contributed by atoms with Gasteiger partial charge in [-0.3, -0.25) is 10.1 Å². The molecule has 0 saturated carbocycles. The Morgan fingerprint density at radius 2 is 2.20 bits per heavy atom. The van der Waals surface area contributed by atoms with Crippen LogP contribution in [0.5, 0.6) is 5.75 Å². The molecule has 0 spiro atoms. The number of hydrogen-bond acceptors (Lipinski definition) is 7. The number of nitro groups is 1. The first-order valence-corrected chi connectivity index (χ1v) is 7.74. The van der Waals surface area contributed by atoms with Crippen LogP contribution in [0.3, 0.4) is 0 Å². The van der Waals surface area contributed by atoms with Crippen molar-refractivity contribution in [2.45, 2.75) is 13.0 Å². The maximum absolute atomic E-state index is 11.6. The molecule has 2 heterocycles. The number of benzene rings is 1. The molecule has 2 aromatic rings. The number of rotatable bonds is 3. The Labute approximate surface area is 144 Å². The monoisotopic (exact) mass is 343 g/mol. The smallest absolute Gasteiger partial charge is 0.339 e. The lowest BCUT2D eigenvalue weighted by molar-refractivity contribution is -0.384. The van der Waals surface area contributed by atoms with Crippen LogP contribution in [0.15, 0.2) is 36.5 Å². The van der Waals surface area contributed by atoms with Crippen molar-refractivity contribution in [3.05, 3.63) is 57.8 Å². The van der Waals surface area contributed by atoms with E-state index in [4.69, 9.17) is 4.74 Å². The predicted molar refractivity (Wildman–Crippen MR) is 89.9 cm³/mol. The summed E-state index contributed by atoms with van der Waals surface area (Å²) < 4.78 is 10.3. The van der Waals surface area contributed by atoms with Gasteiger partial charge in [0.1, 0.15) is 12.4 Å². The molecular weight excluding hydrogens is 326 g/mol. The van der Waals surface area contributed by atoms with Gasteiger partial charge in [0, 0.05) is 17.8 Å². The Bertz CT molecular complexity index is 824. The minimum absolute atomic E-state index is 0.0390. The average molecular weight is 343 g/mol. The van der Waals surface area contributed by atoms with Gasteiger partial charge in [-0.2, -0.15) is 0 Å². The van der Waals surface area contributed by atoms with Crippen LogP contribution in [0.25, 0.3) is 0 Å². The number of aromatic nitrogens is 1.